The zero-order valence-corrected chi connectivity index (χ0v) is 10.6. The van der Waals surface area contributed by atoms with Gasteiger partial charge in [-0.1, -0.05) is 24.3 Å². The van der Waals surface area contributed by atoms with E-state index < -0.39 is 10.1 Å². The maximum Gasteiger partial charge on any atom is 2.00 e. The van der Waals surface area contributed by atoms with Gasteiger partial charge in [-0.25, -0.2) is 8.42 Å². The van der Waals surface area contributed by atoms with Crippen molar-refractivity contribution < 1.29 is 13.0 Å². The van der Waals surface area contributed by atoms with Gasteiger partial charge in [0, 0.05) is 16.5 Å². The first kappa shape index (κ1) is 13.2. The summed E-state index contributed by atoms with van der Waals surface area (Å²) in [5, 5.41) is 0.946. The minimum Gasteiger partial charge on any atom is -0.744 e. The Kier molecular flexibility index (Phi) is 3.79. The topological polar surface area (TPSA) is 83.2 Å². The molecule has 2 N–H and O–H groups in total. The molecule has 16 heavy (non-hydrogen) atoms. The third-order valence-electron chi connectivity index (χ3n) is 2.19. The number of hydrogen-bond donors (Lipinski definition) is 1. The van der Waals surface area contributed by atoms with Gasteiger partial charge in [-0.05, 0) is 12.1 Å². The van der Waals surface area contributed by atoms with E-state index in [4.69, 9.17) is 5.73 Å². The van der Waals surface area contributed by atoms with Gasteiger partial charge in [0.15, 0.2) is 0 Å². The Labute approximate surface area is 109 Å². The fourth-order valence-electron chi connectivity index (χ4n) is 1.52. The molecule has 0 heterocycles. The fraction of sp³-hybridized carbons (Fsp3) is 0. The summed E-state index contributed by atoms with van der Waals surface area (Å²) in [5.74, 6) is 0. The number of rotatable bonds is 1. The average Bonchev–Trinajstić information content (AvgIpc) is 2.16. The number of anilines is 1. The molecule has 4 nitrogen and oxygen atoms in total. The van der Waals surface area contributed by atoms with E-state index in [0.29, 0.717) is 16.5 Å². The number of nitrogens with two attached hydrogens (primary N) is 1. The van der Waals surface area contributed by atoms with Gasteiger partial charge in [0.05, 0.1) is 4.90 Å². The van der Waals surface area contributed by atoms with Crippen LogP contribution in [0.2, 0.25) is 0 Å². The van der Waals surface area contributed by atoms with Gasteiger partial charge in [0.1, 0.15) is 10.1 Å². The summed E-state index contributed by atoms with van der Waals surface area (Å²) >= 11 is 0. The van der Waals surface area contributed by atoms with E-state index in [1.807, 2.05) is 0 Å². The Morgan fingerprint density at radius 2 is 1.56 bits per heavy atom. The van der Waals surface area contributed by atoms with Gasteiger partial charge in [-0.3, -0.25) is 0 Å². The quantitative estimate of drug-likeness (QED) is 0.461. The normalized spacial score (nSPS) is 11.1. The molecule has 0 radical (unpaired) electrons. The van der Waals surface area contributed by atoms with Crippen LogP contribution in [0.1, 0.15) is 0 Å². The van der Waals surface area contributed by atoms with E-state index in [2.05, 4.69) is 0 Å². The van der Waals surface area contributed by atoms with Crippen molar-refractivity contribution in [2.75, 3.05) is 5.73 Å². The smallest absolute Gasteiger partial charge is 0.744 e. The Hall–Kier alpha value is -0.824. The van der Waals surface area contributed by atoms with Crippen LogP contribution in [-0.4, -0.2) is 36.0 Å². The first-order chi connectivity index (χ1) is 7.00. The zero-order chi connectivity index (χ0) is 11.1. The fourth-order valence-corrected chi connectivity index (χ4v) is 2.22. The Bertz CT molecular complexity index is 625. The van der Waals surface area contributed by atoms with Crippen LogP contribution >= 0.6 is 0 Å². The Balaban J connectivity index is 0.00000128. The van der Waals surface area contributed by atoms with Crippen molar-refractivity contribution in [3.05, 3.63) is 36.4 Å². The van der Waals surface area contributed by atoms with Gasteiger partial charge in [-0.2, -0.15) is 0 Å². The molecule has 0 aromatic heterocycles. The van der Waals surface area contributed by atoms with Crippen molar-refractivity contribution in [1.29, 1.82) is 0 Å². The largest absolute Gasteiger partial charge is 2.00 e. The second kappa shape index (κ2) is 4.58. The molecule has 0 aliphatic heterocycles. The van der Waals surface area contributed by atoms with Crippen LogP contribution in [0.15, 0.2) is 41.3 Å². The van der Waals surface area contributed by atoms with E-state index in [0.717, 1.165) is 0 Å². The zero-order valence-electron chi connectivity index (χ0n) is 8.38. The second-order valence-electron chi connectivity index (χ2n) is 3.15. The van der Waals surface area contributed by atoms with Crippen LogP contribution in [-0.2, 0) is 10.1 Å². The van der Waals surface area contributed by atoms with Crippen molar-refractivity contribution >= 4 is 49.6 Å². The Morgan fingerprint density at radius 1 is 1.00 bits per heavy atom. The van der Waals surface area contributed by atoms with Crippen molar-refractivity contribution in [3.8, 4) is 0 Å². The van der Waals surface area contributed by atoms with Gasteiger partial charge in [0.25, 0.3) is 0 Å². The molecule has 0 saturated carbocycles. The standard InChI is InChI=1S/C10H9NO3S.Mg/c11-9-5-1-4-8-7(9)3-2-6-10(8)15(12,13)14;/h1-6H,11H2,(H,12,13,14);/q;+2/p-1. The molecule has 2 rings (SSSR count). The number of nitrogen functional groups attached to an aromatic ring is 1. The van der Waals surface area contributed by atoms with Crippen molar-refractivity contribution in [2.45, 2.75) is 4.90 Å². The summed E-state index contributed by atoms with van der Waals surface area (Å²) in [4.78, 5) is -0.229. The predicted octanol–water partition coefficient (Wildman–Crippen LogP) is 0.945. The van der Waals surface area contributed by atoms with Crippen molar-refractivity contribution in [1.82, 2.24) is 0 Å². The van der Waals surface area contributed by atoms with Crippen LogP contribution in [0, 0.1) is 0 Å². The number of benzene rings is 2. The summed E-state index contributed by atoms with van der Waals surface area (Å²) in [7, 11) is -4.45. The van der Waals surface area contributed by atoms with Crippen LogP contribution in [0.3, 0.4) is 0 Å². The van der Waals surface area contributed by atoms with Gasteiger partial charge < -0.3 is 10.3 Å². The molecule has 0 bridgehead atoms. The van der Waals surface area contributed by atoms with Gasteiger partial charge in [0.2, 0.25) is 0 Å². The number of fused-ring (bicyclic) bond motifs is 1. The molecule has 78 valence electrons. The van der Waals surface area contributed by atoms with Gasteiger partial charge in [-0.15, -0.1) is 0 Å². The van der Waals surface area contributed by atoms with E-state index >= 15 is 0 Å². The SMILES string of the molecule is Nc1cccc2c(S(=O)(=O)[O-])cccc12.[Mg+2]. The molecular weight excluding hydrogens is 238 g/mol. The molecule has 0 atom stereocenters. The molecule has 2 aromatic rings. The molecule has 0 fully saturated rings. The first-order valence-electron chi connectivity index (χ1n) is 4.23. The monoisotopic (exact) mass is 246 g/mol. The van der Waals surface area contributed by atoms with E-state index in [1.54, 1.807) is 24.3 Å². The maximum atomic E-state index is 11.0. The van der Waals surface area contributed by atoms with E-state index in [9.17, 15) is 13.0 Å². The number of hydrogen-bond acceptors (Lipinski definition) is 4. The molecule has 0 spiro atoms. The molecule has 0 aliphatic rings. The van der Waals surface area contributed by atoms with Crippen LogP contribution in [0.4, 0.5) is 5.69 Å². The molecule has 2 aromatic carbocycles. The van der Waals surface area contributed by atoms with Crippen molar-refractivity contribution in [3.63, 3.8) is 0 Å². The molecular formula is C10H8MgNO3S+. The predicted molar refractivity (Wildman–Crippen MR) is 62.1 cm³/mol. The van der Waals surface area contributed by atoms with E-state index in [1.165, 1.54) is 12.1 Å². The van der Waals surface area contributed by atoms with E-state index in [-0.39, 0.29) is 27.9 Å². The minimum atomic E-state index is -4.45. The molecule has 0 unspecified atom stereocenters. The summed E-state index contributed by atoms with van der Waals surface area (Å²) in [5.41, 5.74) is 6.13. The summed E-state index contributed by atoms with van der Waals surface area (Å²) in [6.07, 6.45) is 0. The first-order valence-corrected chi connectivity index (χ1v) is 5.64. The van der Waals surface area contributed by atoms with Gasteiger partial charge >= 0.3 is 23.1 Å². The maximum absolute atomic E-state index is 11.0. The minimum absolute atomic E-state index is 0. The molecule has 0 amide bonds. The molecule has 6 heteroatoms. The molecule has 0 aliphatic carbocycles. The average molecular weight is 247 g/mol. The third kappa shape index (κ3) is 2.29. The van der Waals surface area contributed by atoms with Crippen molar-refractivity contribution in [2.24, 2.45) is 0 Å². The van der Waals surface area contributed by atoms with Crippen LogP contribution in [0.25, 0.3) is 10.8 Å². The Morgan fingerprint density at radius 3 is 2.19 bits per heavy atom. The third-order valence-corrected chi connectivity index (χ3v) is 3.08. The molecule has 0 saturated heterocycles. The summed E-state index contributed by atoms with van der Waals surface area (Å²) in [6.45, 7) is 0. The van der Waals surface area contributed by atoms with Crippen LogP contribution in [0.5, 0.6) is 0 Å². The summed E-state index contributed by atoms with van der Waals surface area (Å²) < 4.78 is 32.9. The summed E-state index contributed by atoms with van der Waals surface area (Å²) in [6, 6.07) is 9.30. The van der Waals surface area contributed by atoms with Crippen LogP contribution < -0.4 is 5.73 Å². The second-order valence-corrected chi connectivity index (χ2v) is 4.50.